The van der Waals surface area contributed by atoms with Crippen molar-refractivity contribution in [3.63, 3.8) is 0 Å². The molecule has 2 atom stereocenters. The molecule has 2 aromatic carbocycles. The van der Waals surface area contributed by atoms with Crippen molar-refractivity contribution in [1.82, 2.24) is 4.90 Å². The molecule has 45 heavy (non-hydrogen) atoms. The highest BCUT2D eigenvalue weighted by molar-refractivity contribution is 7.92. The average Bonchev–Trinajstić information content (AvgIpc) is 3.37. The number of nitrogens with zero attached hydrogens (tertiary/aromatic N) is 1. The average molecular weight is 669 g/mol. The van der Waals surface area contributed by atoms with Crippen LogP contribution in [0.25, 0.3) is 0 Å². The van der Waals surface area contributed by atoms with E-state index in [1.165, 1.54) is 4.90 Å². The summed E-state index contributed by atoms with van der Waals surface area (Å²) in [7, 11) is -4.65. The molecule has 1 aliphatic carbocycles. The Hall–Kier alpha value is -3.43. The SMILES string of the molecule is CC1(C(=O)N2CCC3(S(=O)(=O)c4ccc(F)cc4)c4ccc(C(F)(C(F)(F)F)C(F)(F)F)cc4NCC23)CCC(C(=O)O)CC1. The summed E-state index contributed by atoms with van der Waals surface area (Å²) in [6.45, 7) is 1.02. The third-order valence-corrected chi connectivity index (χ3v) is 12.1. The molecule has 2 unspecified atom stereocenters. The van der Waals surface area contributed by atoms with Gasteiger partial charge in [-0.25, -0.2) is 17.2 Å². The molecule has 1 saturated carbocycles. The number of anilines is 1. The van der Waals surface area contributed by atoms with Crippen LogP contribution in [0.4, 0.5) is 40.8 Å². The number of carboxylic acid groups (broad SMARTS) is 1. The van der Waals surface area contributed by atoms with Crippen molar-refractivity contribution in [3.05, 3.63) is 59.4 Å². The van der Waals surface area contributed by atoms with Crippen molar-refractivity contribution < 1.29 is 58.2 Å². The lowest BCUT2D eigenvalue weighted by Gasteiger charge is -2.45. The lowest BCUT2D eigenvalue weighted by molar-refractivity contribution is -0.348. The van der Waals surface area contributed by atoms with E-state index in [4.69, 9.17) is 0 Å². The number of likely N-dealkylation sites (tertiary alicyclic amines) is 1. The Labute approximate surface area is 252 Å². The minimum Gasteiger partial charge on any atom is -0.481 e. The number of rotatable bonds is 5. The Bertz CT molecular complexity index is 1600. The summed E-state index contributed by atoms with van der Waals surface area (Å²) in [5.41, 5.74) is -9.41. The molecule has 0 spiro atoms. The fourth-order valence-electron chi connectivity index (χ4n) is 7.01. The van der Waals surface area contributed by atoms with Crippen LogP contribution >= 0.6 is 0 Å². The highest BCUT2D eigenvalue weighted by Crippen LogP contribution is 2.57. The van der Waals surface area contributed by atoms with Gasteiger partial charge in [0.05, 0.1) is 16.9 Å². The van der Waals surface area contributed by atoms with E-state index in [9.17, 15) is 58.2 Å². The molecule has 2 heterocycles. The molecule has 2 N–H and O–H groups in total. The monoisotopic (exact) mass is 668 g/mol. The summed E-state index contributed by atoms with van der Waals surface area (Å²) < 4.78 is 137. The number of hydrogen-bond donors (Lipinski definition) is 2. The van der Waals surface area contributed by atoms with Crippen molar-refractivity contribution in [2.75, 3.05) is 18.4 Å². The van der Waals surface area contributed by atoms with Crippen molar-refractivity contribution >= 4 is 27.4 Å². The molecule has 16 heteroatoms. The second kappa shape index (κ2) is 10.6. The van der Waals surface area contributed by atoms with Crippen LogP contribution in [0.2, 0.25) is 0 Å². The molecule has 2 aromatic rings. The van der Waals surface area contributed by atoms with E-state index in [2.05, 4.69) is 5.32 Å². The van der Waals surface area contributed by atoms with Gasteiger partial charge in [-0.15, -0.1) is 0 Å². The number of benzene rings is 2. The van der Waals surface area contributed by atoms with Crippen LogP contribution in [0.5, 0.6) is 0 Å². The van der Waals surface area contributed by atoms with Gasteiger partial charge in [-0.05, 0) is 68.0 Å². The van der Waals surface area contributed by atoms with E-state index in [0.717, 1.165) is 24.3 Å². The number of hydrogen-bond acceptors (Lipinski definition) is 5. The number of carbonyl (C=O) groups is 2. The second-order valence-corrected chi connectivity index (χ2v) is 14.3. The molecule has 0 radical (unpaired) electrons. The van der Waals surface area contributed by atoms with Gasteiger partial charge in [-0.2, -0.15) is 26.3 Å². The number of alkyl halides is 7. The number of carboxylic acids is 1. The predicted octanol–water partition coefficient (Wildman–Crippen LogP) is 6.09. The van der Waals surface area contributed by atoms with Crippen molar-refractivity contribution in [3.8, 4) is 0 Å². The maximum absolute atomic E-state index is 15.0. The molecule has 2 aliphatic heterocycles. The summed E-state index contributed by atoms with van der Waals surface area (Å²) in [4.78, 5) is 26.4. The fourth-order valence-corrected chi connectivity index (χ4v) is 9.32. The molecule has 1 saturated heterocycles. The number of fused-ring (bicyclic) bond motifs is 3. The quantitative estimate of drug-likeness (QED) is 0.295. The first-order valence-corrected chi connectivity index (χ1v) is 15.4. The Kier molecular flexibility index (Phi) is 7.73. The van der Waals surface area contributed by atoms with Gasteiger partial charge < -0.3 is 15.3 Å². The van der Waals surface area contributed by atoms with Crippen LogP contribution in [0.3, 0.4) is 0 Å². The molecule has 0 bridgehead atoms. The Morgan fingerprint density at radius 1 is 0.933 bits per heavy atom. The van der Waals surface area contributed by atoms with E-state index in [-0.39, 0.29) is 56.3 Å². The van der Waals surface area contributed by atoms with E-state index in [1.807, 2.05) is 0 Å². The second-order valence-electron chi connectivity index (χ2n) is 12.1. The number of amides is 1. The lowest BCUT2D eigenvalue weighted by atomic mass is 9.70. The molecule has 5 rings (SSSR count). The first-order chi connectivity index (χ1) is 20.7. The van der Waals surface area contributed by atoms with E-state index in [0.29, 0.717) is 6.07 Å². The molecule has 2 fully saturated rings. The Balaban J connectivity index is 1.64. The van der Waals surface area contributed by atoms with Crippen LogP contribution < -0.4 is 5.32 Å². The molecule has 0 aromatic heterocycles. The molecule has 7 nitrogen and oxygen atoms in total. The maximum atomic E-state index is 15.0. The zero-order chi connectivity index (χ0) is 33.4. The smallest absolute Gasteiger partial charge is 0.435 e. The summed E-state index contributed by atoms with van der Waals surface area (Å²) >= 11 is 0. The van der Waals surface area contributed by atoms with Gasteiger partial charge in [0.25, 0.3) is 0 Å². The number of nitrogens with one attached hydrogen (secondary N) is 1. The van der Waals surface area contributed by atoms with Crippen LogP contribution in [0.15, 0.2) is 47.4 Å². The van der Waals surface area contributed by atoms with E-state index >= 15 is 0 Å². The Morgan fingerprint density at radius 3 is 2.04 bits per heavy atom. The highest BCUT2D eigenvalue weighted by Gasteiger charge is 2.74. The number of sulfone groups is 1. The van der Waals surface area contributed by atoms with Crippen LogP contribution in [0.1, 0.15) is 50.2 Å². The molecule has 3 aliphatic rings. The minimum atomic E-state index is -6.40. The van der Waals surface area contributed by atoms with Crippen LogP contribution in [-0.4, -0.2) is 61.8 Å². The molecular weight excluding hydrogens is 640 g/mol. The zero-order valence-electron chi connectivity index (χ0n) is 23.6. The largest absolute Gasteiger partial charge is 0.481 e. The third-order valence-electron chi connectivity index (χ3n) is 9.60. The first kappa shape index (κ1) is 32.9. The normalized spacial score (nSPS) is 27.4. The Morgan fingerprint density at radius 2 is 1.51 bits per heavy atom. The van der Waals surface area contributed by atoms with Gasteiger partial charge in [-0.3, -0.25) is 9.59 Å². The van der Waals surface area contributed by atoms with E-state index in [1.54, 1.807) is 6.92 Å². The van der Waals surface area contributed by atoms with Gasteiger partial charge in [0, 0.05) is 29.8 Å². The fraction of sp³-hybridized carbons (Fsp3) is 0.517. The van der Waals surface area contributed by atoms with Crippen molar-refractivity contribution in [1.29, 1.82) is 0 Å². The molecule has 1 amide bonds. The standard InChI is InChI=1S/C29H28F8N2O5S/c1-25(10-8-16(9-11-25)23(40)41)24(42)39-13-12-26(45(43,44)19-5-3-18(30)4-6-19)20-7-2-17(14-21(20)38-15-22(26)39)27(31,28(32,33)34)29(35,36)37/h2-7,14,16,22,38H,8-13,15H2,1H3,(H,40,41). The first-order valence-electron chi connectivity index (χ1n) is 14.0. The van der Waals surface area contributed by atoms with E-state index < -0.39 is 90.4 Å². The van der Waals surface area contributed by atoms with Gasteiger partial charge in [0.1, 0.15) is 10.6 Å². The van der Waals surface area contributed by atoms with Crippen molar-refractivity contribution in [2.24, 2.45) is 11.3 Å². The summed E-state index contributed by atoms with van der Waals surface area (Å²) in [5, 5.41) is 12.0. The zero-order valence-corrected chi connectivity index (χ0v) is 24.4. The van der Waals surface area contributed by atoms with Gasteiger partial charge in [0.2, 0.25) is 5.91 Å². The van der Waals surface area contributed by atoms with Gasteiger partial charge in [-0.1, -0.05) is 19.1 Å². The number of halogens is 8. The van der Waals surface area contributed by atoms with Gasteiger partial charge >= 0.3 is 24.0 Å². The van der Waals surface area contributed by atoms with Gasteiger partial charge in [0.15, 0.2) is 9.84 Å². The number of carbonyl (C=O) groups excluding carboxylic acids is 1. The van der Waals surface area contributed by atoms with Crippen LogP contribution in [0, 0.1) is 17.2 Å². The predicted molar refractivity (Wildman–Crippen MR) is 143 cm³/mol. The third kappa shape index (κ3) is 4.85. The molecular formula is C29H28F8N2O5S. The topological polar surface area (TPSA) is 104 Å². The lowest BCUT2D eigenvalue weighted by Crippen LogP contribution is -2.57. The highest BCUT2D eigenvalue weighted by atomic mass is 32.2. The summed E-state index contributed by atoms with van der Waals surface area (Å²) in [6, 6.07) is 3.66. The van der Waals surface area contributed by atoms with Crippen LogP contribution in [-0.2, 0) is 29.8 Å². The minimum absolute atomic E-state index is 0.178. The molecule has 246 valence electrons. The van der Waals surface area contributed by atoms with Crippen molar-refractivity contribution in [2.45, 2.75) is 72.7 Å². The summed E-state index contributed by atoms with van der Waals surface area (Å²) in [6.07, 6.45) is -12.4. The maximum Gasteiger partial charge on any atom is 0.435 e. The number of aliphatic carboxylic acids is 1. The summed E-state index contributed by atoms with van der Waals surface area (Å²) in [5.74, 6) is -2.91.